The molecule has 0 spiro atoms. The van der Waals surface area contributed by atoms with E-state index < -0.39 is 0 Å². The van der Waals surface area contributed by atoms with E-state index in [9.17, 15) is 0 Å². The van der Waals surface area contributed by atoms with Crippen LogP contribution in [0.4, 0.5) is 0 Å². The Hall–Kier alpha value is -1.75. The van der Waals surface area contributed by atoms with Gasteiger partial charge in [0, 0.05) is 17.2 Å². The molecule has 0 aromatic heterocycles. The molecule has 2 aromatic rings. The largest absolute Gasteiger partial charge is 0.380 e. The average Bonchev–Trinajstić information content (AvgIpc) is 2.54. The van der Waals surface area contributed by atoms with Crippen molar-refractivity contribution in [2.75, 3.05) is 7.11 Å². The van der Waals surface area contributed by atoms with Crippen molar-refractivity contribution in [3.63, 3.8) is 0 Å². The molecule has 0 aliphatic heterocycles. The van der Waals surface area contributed by atoms with Crippen LogP contribution in [-0.2, 0) is 17.9 Å². The van der Waals surface area contributed by atoms with Crippen LogP contribution in [0, 0.1) is 0 Å². The fourth-order valence-electron chi connectivity index (χ4n) is 2.28. The van der Waals surface area contributed by atoms with Crippen molar-refractivity contribution in [1.82, 2.24) is 5.32 Å². The molecule has 1 atom stereocenters. The number of hydrogen-bond acceptors (Lipinski definition) is 2. The molecule has 24 heavy (non-hydrogen) atoms. The Balaban J connectivity index is 1.95. The molecule has 1 unspecified atom stereocenters. The number of hydrogen-bond donors (Lipinski definition) is 2. The van der Waals surface area contributed by atoms with Gasteiger partial charge in [0.05, 0.1) is 19.2 Å². The van der Waals surface area contributed by atoms with Gasteiger partial charge in [-0.3, -0.25) is 0 Å². The molecule has 0 bridgehead atoms. The Morgan fingerprint density at radius 3 is 2.46 bits per heavy atom. The van der Waals surface area contributed by atoms with Gasteiger partial charge in [-0.15, -0.1) is 0 Å². The summed E-state index contributed by atoms with van der Waals surface area (Å²) in [6, 6.07) is 13.4. The van der Waals surface area contributed by atoms with Crippen molar-refractivity contribution in [3.05, 3.63) is 69.2 Å². The Morgan fingerprint density at radius 1 is 1.17 bits per heavy atom. The minimum absolute atomic E-state index is 0.0670. The molecule has 0 fully saturated rings. The second-order valence-electron chi connectivity index (χ2n) is 5.48. The fraction of sp³-hybridized carbons (Fsp3) is 0.278. The molecule has 2 aromatic carbocycles. The molecular formula is C18H21Cl2N3O. The van der Waals surface area contributed by atoms with E-state index in [0.29, 0.717) is 29.2 Å². The van der Waals surface area contributed by atoms with Crippen molar-refractivity contribution < 1.29 is 4.74 Å². The number of rotatable bonds is 6. The summed E-state index contributed by atoms with van der Waals surface area (Å²) in [6.07, 6.45) is 0. The first-order chi connectivity index (χ1) is 11.5. The first kappa shape index (κ1) is 18.6. The van der Waals surface area contributed by atoms with Gasteiger partial charge in [-0.25, -0.2) is 4.99 Å². The van der Waals surface area contributed by atoms with Gasteiger partial charge in [0.2, 0.25) is 0 Å². The van der Waals surface area contributed by atoms with Crippen LogP contribution in [0.5, 0.6) is 0 Å². The van der Waals surface area contributed by atoms with Gasteiger partial charge in [-0.1, -0.05) is 53.5 Å². The molecule has 0 aliphatic rings. The van der Waals surface area contributed by atoms with Crippen LogP contribution in [0.25, 0.3) is 0 Å². The summed E-state index contributed by atoms with van der Waals surface area (Å²) < 4.78 is 5.09. The number of nitrogens with zero attached hydrogens (tertiary/aromatic N) is 1. The van der Waals surface area contributed by atoms with Crippen LogP contribution in [0.2, 0.25) is 10.0 Å². The molecule has 0 saturated heterocycles. The van der Waals surface area contributed by atoms with Gasteiger partial charge in [0.15, 0.2) is 5.96 Å². The number of aliphatic imine (C=N–C) groups is 1. The summed E-state index contributed by atoms with van der Waals surface area (Å²) in [5.74, 6) is 0.370. The highest BCUT2D eigenvalue weighted by molar-refractivity contribution is 6.35. The van der Waals surface area contributed by atoms with E-state index in [2.05, 4.69) is 10.3 Å². The minimum atomic E-state index is -0.0670. The lowest BCUT2D eigenvalue weighted by Gasteiger charge is -2.16. The molecule has 3 N–H and O–H groups in total. The van der Waals surface area contributed by atoms with E-state index >= 15 is 0 Å². The van der Waals surface area contributed by atoms with Crippen LogP contribution in [0.3, 0.4) is 0 Å². The lowest BCUT2D eigenvalue weighted by molar-refractivity contribution is 0.185. The molecule has 4 nitrogen and oxygen atoms in total. The lowest BCUT2D eigenvalue weighted by atomic mass is 10.1. The zero-order valence-electron chi connectivity index (χ0n) is 13.7. The molecular weight excluding hydrogens is 345 g/mol. The summed E-state index contributed by atoms with van der Waals surface area (Å²) in [6.45, 7) is 3.08. The lowest BCUT2D eigenvalue weighted by Crippen LogP contribution is -2.34. The van der Waals surface area contributed by atoms with Crippen molar-refractivity contribution in [2.45, 2.75) is 26.1 Å². The normalized spacial score (nSPS) is 12.9. The first-order valence-electron chi connectivity index (χ1n) is 7.57. The van der Waals surface area contributed by atoms with Crippen molar-refractivity contribution >= 4 is 29.2 Å². The quantitative estimate of drug-likeness (QED) is 0.592. The predicted molar refractivity (Wildman–Crippen MR) is 100 cm³/mol. The summed E-state index contributed by atoms with van der Waals surface area (Å²) >= 11 is 12.1. The summed E-state index contributed by atoms with van der Waals surface area (Å²) in [5.41, 5.74) is 9.09. The maximum Gasteiger partial charge on any atom is 0.189 e. The Bertz CT molecular complexity index is 702. The number of halogens is 2. The SMILES string of the molecule is COCc1ccc(CN=C(N)NC(C)c2ccc(Cl)cc2Cl)cc1. The third kappa shape index (κ3) is 5.41. The van der Waals surface area contributed by atoms with E-state index in [4.69, 9.17) is 33.7 Å². The van der Waals surface area contributed by atoms with Crippen molar-refractivity contribution in [3.8, 4) is 0 Å². The van der Waals surface area contributed by atoms with E-state index in [1.165, 1.54) is 0 Å². The molecule has 6 heteroatoms. The van der Waals surface area contributed by atoms with Crippen LogP contribution in [0.1, 0.15) is 29.7 Å². The van der Waals surface area contributed by atoms with Crippen molar-refractivity contribution in [1.29, 1.82) is 0 Å². The van der Waals surface area contributed by atoms with Gasteiger partial charge < -0.3 is 15.8 Å². The number of benzene rings is 2. The first-order valence-corrected chi connectivity index (χ1v) is 8.33. The average molecular weight is 366 g/mol. The molecule has 0 saturated carbocycles. The van der Waals surface area contributed by atoms with Gasteiger partial charge >= 0.3 is 0 Å². The monoisotopic (exact) mass is 365 g/mol. The van der Waals surface area contributed by atoms with Crippen LogP contribution < -0.4 is 11.1 Å². The summed E-state index contributed by atoms with van der Waals surface area (Å²) in [7, 11) is 1.68. The zero-order chi connectivity index (χ0) is 17.5. The summed E-state index contributed by atoms with van der Waals surface area (Å²) in [4.78, 5) is 4.37. The molecule has 128 valence electrons. The molecule has 0 amide bonds. The van der Waals surface area contributed by atoms with E-state index in [1.807, 2.05) is 37.3 Å². The van der Waals surface area contributed by atoms with Gasteiger partial charge in [-0.2, -0.15) is 0 Å². The highest BCUT2D eigenvalue weighted by Gasteiger charge is 2.10. The molecule has 0 aliphatic carbocycles. The second-order valence-corrected chi connectivity index (χ2v) is 6.33. The van der Waals surface area contributed by atoms with Crippen molar-refractivity contribution in [2.24, 2.45) is 10.7 Å². The summed E-state index contributed by atoms with van der Waals surface area (Å²) in [5, 5.41) is 4.35. The Kier molecular flexibility index (Phi) is 6.91. The standard InChI is InChI=1S/C18H21Cl2N3O/c1-12(16-8-7-15(19)9-17(16)20)23-18(21)22-10-13-3-5-14(6-4-13)11-24-2/h3-9,12H,10-11H2,1-2H3,(H3,21,22,23). The van der Waals surface area contributed by atoms with E-state index in [0.717, 1.165) is 16.7 Å². The fourth-order valence-corrected chi connectivity index (χ4v) is 2.85. The zero-order valence-corrected chi connectivity index (χ0v) is 15.2. The predicted octanol–water partition coefficient (Wildman–Crippen LogP) is 4.31. The van der Waals surface area contributed by atoms with Gasteiger partial charge in [0.25, 0.3) is 0 Å². The van der Waals surface area contributed by atoms with Crippen LogP contribution in [-0.4, -0.2) is 13.1 Å². The maximum absolute atomic E-state index is 6.21. The van der Waals surface area contributed by atoms with E-state index in [-0.39, 0.29) is 6.04 Å². The molecule has 2 rings (SSSR count). The molecule has 0 radical (unpaired) electrons. The highest BCUT2D eigenvalue weighted by Crippen LogP contribution is 2.25. The second kappa shape index (κ2) is 8.92. The number of ether oxygens (including phenoxy) is 1. The smallest absolute Gasteiger partial charge is 0.189 e. The van der Waals surface area contributed by atoms with Crippen LogP contribution >= 0.6 is 23.2 Å². The topological polar surface area (TPSA) is 59.6 Å². The van der Waals surface area contributed by atoms with E-state index in [1.54, 1.807) is 19.2 Å². The van der Waals surface area contributed by atoms with Gasteiger partial charge in [-0.05, 0) is 35.7 Å². The minimum Gasteiger partial charge on any atom is -0.380 e. The third-order valence-corrected chi connectivity index (χ3v) is 4.12. The number of nitrogens with one attached hydrogen (secondary N) is 1. The number of methoxy groups -OCH3 is 1. The Morgan fingerprint density at radius 2 is 1.83 bits per heavy atom. The van der Waals surface area contributed by atoms with Crippen LogP contribution in [0.15, 0.2) is 47.5 Å². The highest BCUT2D eigenvalue weighted by atomic mass is 35.5. The third-order valence-electron chi connectivity index (χ3n) is 3.56. The van der Waals surface area contributed by atoms with Gasteiger partial charge in [0.1, 0.15) is 0 Å². The number of nitrogens with two attached hydrogens (primary N) is 1. The molecule has 0 heterocycles. The Labute approximate surface area is 152 Å². The number of guanidine groups is 1. The maximum atomic E-state index is 6.21.